The van der Waals surface area contributed by atoms with Crippen molar-refractivity contribution in [3.05, 3.63) is 64.1 Å². The lowest BCUT2D eigenvalue weighted by molar-refractivity contribution is -0.113. The van der Waals surface area contributed by atoms with Crippen LogP contribution in [-0.4, -0.2) is 24.3 Å². The summed E-state index contributed by atoms with van der Waals surface area (Å²) < 4.78 is 0.579. The summed E-state index contributed by atoms with van der Waals surface area (Å²) >= 11 is 6.83. The van der Waals surface area contributed by atoms with E-state index in [0.717, 1.165) is 28.1 Å². The van der Waals surface area contributed by atoms with Gasteiger partial charge < -0.3 is 4.90 Å². The largest absolute Gasteiger partial charge is 0.378 e. The molecule has 1 fully saturated rings. The molecule has 0 radical (unpaired) electrons. The predicted octanol–water partition coefficient (Wildman–Crippen LogP) is 4.78. The Bertz CT molecular complexity index is 870. The zero-order valence-electron chi connectivity index (χ0n) is 14.7. The minimum atomic E-state index is -0.0552. The third kappa shape index (κ3) is 3.48. The van der Waals surface area contributed by atoms with Crippen LogP contribution >= 0.6 is 24.0 Å². The molecule has 0 bridgehead atoms. The Labute approximate surface area is 158 Å². The molecule has 3 nitrogen and oxygen atoms in total. The highest BCUT2D eigenvalue weighted by Crippen LogP contribution is 2.37. The lowest BCUT2D eigenvalue weighted by atomic mass is 10.1. The fourth-order valence-corrected chi connectivity index (χ4v) is 3.96. The van der Waals surface area contributed by atoms with Gasteiger partial charge in [-0.05, 0) is 54.8 Å². The number of benzene rings is 2. The number of thiocarbonyl (C=S) groups is 1. The molecule has 0 aromatic heterocycles. The van der Waals surface area contributed by atoms with Crippen LogP contribution in [0.15, 0.2) is 47.4 Å². The van der Waals surface area contributed by atoms with Crippen molar-refractivity contribution in [3.8, 4) is 0 Å². The van der Waals surface area contributed by atoms with E-state index in [-0.39, 0.29) is 5.91 Å². The molecular formula is C20H20N2OS2. The molecule has 0 N–H and O–H groups in total. The maximum absolute atomic E-state index is 12.9. The molecule has 0 aliphatic carbocycles. The van der Waals surface area contributed by atoms with Crippen LogP contribution in [0.4, 0.5) is 11.4 Å². The second kappa shape index (κ2) is 7.02. The molecule has 1 aliphatic rings. The number of anilines is 2. The summed E-state index contributed by atoms with van der Waals surface area (Å²) in [5.74, 6) is -0.0552. The molecule has 1 heterocycles. The first-order chi connectivity index (χ1) is 11.9. The van der Waals surface area contributed by atoms with Crippen LogP contribution < -0.4 is 9.80 Å². The van der Waals surface area contributed by atoms with Crippen LogP contribution in [0, 0.1) is 13.8 Å². The van der Waals surface area contributed by atoms with Gasteiger partial charge in [0.1, 0.15) is 0 Å². The number of carbonyl (C=O) groups is 1. The Morgan fingerprint density at radius 2 is 1.76 bits per heavy atom. The van der Waals surface area contributed by atoms with Crippen LogP contribution in [0.2, 0.25) is 0 Å². The maximum Gasteiger partial charge on any atom is 0.270 e. The number of hydrogen-bond acceptors (Lipinski definition) is 4. The van der Waals surface area contributed by atoms with Gasteiger partial charge >= 0.3 is 0 Å². The highest BCUT2D eigenvalue weighted by atomic mass is 32.2. The monoisotopic (exact) mass is 368 g/mol. The zero-order valence-corrected chi connectivity index (χ0v) is 16.4. The summed E-state index contributed by atoms with van der Waals surface area (Å²) in [5, 5.41) is 0. The van der Waals surface area contributed by atoms with E-state index in [4.69, 9.17) is 12.2 Å². The van der Waals surface area contributed by atoms with Crippen molar-refractivity contribution >= 4 is 51.7 Å². The zero-order chi connectivity index (χ0) is 18.1. The van der Waals surface area contributed by atoms with Gasteiger partial charge in [0.25, 0.3) is 5.91 Å². The maximum atomic E-state index is 12.9. The summed E-state index contributed by atoms with van der Waals surface area (Å²) in [6.45, 7) is 4.06. The molecule has 1 saturated heterocycles. The minimum Gasteiger partial charge on any atom is -0.378 e. The number of carbonyl (C=O) groups excluding carboxylic acids is 1. The number of rotatable bonds is 3. The molecule has 0 atom stereocenters. The van der Waals surface area contributed by atoms with Gasteiger partial charge in [-0.15, -0.1) is 0 Å². The average Bonchev–Trinajstić information content (AvgIpc) is 2.85. The Morgan fingerprint density at radius 3 is 2.40 bits per heavy atom. The fourth-order valence-electron chi connectivity index (χ4n) is 2.67. The fraction of sp³-hybridized carbons (Fsp3) is 0.200. The first-order valence-electron chi connectivity index (χ1n) is 8.00. The molecule has 1 aliphatic heterocycles. The van der Waals surface area contributed by atoms with Crippen molar-refractivity contribution in [2.75, 3.05) is 23.9 Å². The molecule has 1 amide bonds. The summed E-state index contributed by atoms with van der Waals surface area (Å²) in [4.78, 5) is 17.2. The molecule has 3 rings (SSSR count). The van der Waals surface area contributed by atoms with E-state index in [1.807, 2.05) is 81.4 Å². The van der Waals surface area contributed by atoms with Crippen LogP contribution in [0.3, 0.4) is 0 Å². The van der Waals surface area contributed by atoms with Crippen molar-refractivity contribution in [3.63, 3.8) is 0 Å². The second-order valence-corrected chi connectivity index (χ2v) is 7.90. The van der Waals surface area contributed by atoms with Gasteiger partial charge in [-0.1, -0.05) is 48.2 Å². The smallest absolute Gasteiger partial charge is 0.270 e. The first-order valence-corrected chi connectivity index (χ1v) is 9.22. The first kappa shape index (κ1) is 17.7. The van der Waals surface area contributed by atoms with Crippen LogP contribution in [0.25, 0.3) is 6.08 Å². The summed E-state index contributed by atoms with van der Waals surface area (Å²) in [6, 6.07) is 14.1. The normalized spacial score (nSPS) is 16.0. The minimum absolute atomic E-state index is 0.0552. The third-order valence-electron chi connectivity index (χ3n) is 4.32. The topological polar surface area (TPSA) is 23.6 Å². The van der Waals surface area contributed by atoms with Crippen molar-refractivity contribution < 1.29 is 4.79 Å². The number of amides is 1. The van der Waals surface area contributed by atoms with E-state index < -0.39 is 0 Å². The van der Waals surface area contributed by atoms with E-state index in [9.17, 15) is 4.79 Å². The Morgan fingerprint density at radius 1 is 1.08 bits per heavy atom. The second-order valence-electron chi connectivity index (χ2n) is 6.22. The van der Waals surface area contributed by atoms with Gasteiger partial charge in [-0.2, -0.15) is 0 Å². The molecule has 25 heavy (non-hydrogen) atoms. The van der Waals surface area contributed by atoms with E-state index in [2.05, 4.69) is 0 Å². The van der Waals surface area contributed by atoms with E-state index in [1.54, 1.807) is 4.90 Å². The van der Waals surface area contributed by atoms with Gasteiger partial charge in [0.15, 0.2) is 4.32 Å². The SMILES string of the molecule is Cc1cccc(N2C(=O)C(=Cc3ccc(N(C)C)cc3)SC2=S)c1C. The molecule has 0 unspecified atom stereocenters. The predicted molar refractivity (Wildman–Crippen MR) is 112 cm³/mol. The molecule has 2 aromatic carbocycles. The van der Waals surface area contributed by atoms with Crippen molar-refractivity contribution in [2.24, 2.45) is 0 Å². The van der Waals surface area contributed by atoms with Gasteiger partial charge in [0.2, 0.25) is 0 Å². The molecule has 0 saturated carbocycles. The van der Waals surface area contributed by atoms with E-state index in [1.165, 1.54) is 11.8 Å². The van der Waals surface area contributed by atoms with Crippen molar-refractivity contribution in [1.82, 2.24) is 0 Å². The average molecular weight is 369 g/mol. The summed E-state index contributed by atoms with van der Waals surface area (Å²) in [6.07, 6.45) is 1.91. The summed E-state index contributed by atoms with van der Waals surface area (Å²) in [5.41, 5.74) is 5.21. The van der Waals surface area contributed by atoms with Crippen molar-refractivity contribution in [2.45, 2.75) is 13.8 Å². The molecule has 2 aromatic rings. The lowest BCUT2D eigenvalue weighted by Crippen LogP contribution is -2.28. The number of thioether (sulfide) groups is 1. The van der Waals surface area contributed by atoms with Crippen LogP contribution in [0.1, 0.15) is 16.7 Å². The summed E-state index contributed by atoms with van der Waals surface area (Å²) in [7, 11) is 4.01. The lowest BCUT2D eigenvalue weighted by Gasteiger charge is -2.18. The third-order valence-corrected chi connectivity index (χ3v) is 5.62. The van der Waals surface area contributed by atoms with Crippen molar-refractivity contribution in [1.29, 1.82) is 0 Å². The van der Waals surface area contributed by atoms with E-state index in [0.29, 0.717) is 9.23 Å². The highest BCUT2D eigenvalue weighted by Gasteiger charge is 2.34. The highest BCUT2D eigenvalue weighted by molar-refractivity contribution is 8.27. The number of aryl methyl sites for hydroxylation is 1. The Kier molecular flexibility index (Phi) is 4.97. The molecule has 5 heteroatoms. The van der Waals surface area contributed by atoms with E-state index >= 15 is 0 Å². The van der Waals surface area contributed by atoms with Gasteiger partial charge in [0, 0.05) is 19.8 Å². The van der Waals surface area contributed by atoms with Gasteiger partial charge in [-0.3, -0.25) is 9.69 Å². The Balaban J connectivity index is 1.92. The van der Waals surface area contributed by atoms with Gasteiger partial charge in [-0.25, -0.2) is 0 Å². The quantitative estimate of drug-likeness (QED) is 0.575. The number of hydrogen-bond donors (Lipinski definition) is 0. The van der Waals surface area contributed by atoms with Gasteiger partial charge in [0.05, 0.1) is 10.6 Å². The Hall–Kier alpha value is -2.11. The van der Waals surface area contributed by atoms with Crippen LogP contribution in [-0.2, 0) is 4.79 Å². The van der Waals surface area contributed by atoms with Crippen LogP contribution in [0.5, 0.6) is 0 Å². The molecule has 128 valence electrons. The standard InChI is InChI=1S/C20H20N2OS2/c1-13-6-5-7-17(14(13)2)22-19(23)18(25-20(22)24)12-15-8-10-16(11-9-15)21(3)4/h5-12H,1-4H3. The molecular weight excluding hydrogens is 348 g/mol. The molecule has 0 spiro atoms. The number of nitrogens with zero attached hydrogens (tertiary/aromatic N) is 2.